The number of aromatic nitrogens is 5. The number of hydrogen-bond acceptors (Lipinski definition) is 5. The van der Waals surface area contributed by atoms with Crippen molar-refractivity contribution in [2.45, 2.75) is 13.3 Å². The summed E-state index contributed by atoms with van der Waals surface area (Å²) in [6.45, 7) is 0.502. The van der Waals surface area contributed by atoms with Crippen LogP contribution in [0.2, 0.25) is 5.02 Å². The monoisotopic (exact) mass is 426 g/mol. The molecule has 30 heavy (non-hydrogen) atoms. The minimum Gasteiger partial charge on any atom is -0.471 e. The Balaban J connectivity index is 1.34. The van der Waals surface area contributed by atoms with E-state index >= 15 is 0 Å². The predicted molar refractivity (Wildman–Crippen MR) is 108 cm³/mol. The molecule has 0 spiro atoms. The fourth-order valence-corrected chi connectivity index (χ4v) is 2.82. The number of ether oxygens (including phenoxy) is 1. The highest BCUT2D eigenvalue weighted by Gasteiger charge is 2.13. The molecule has 1 N–H and O–H groups in total. The third-order valence-corrected chi connectivity index (χ3v) is 4.47. The van der Waals surface area contributed by atoms with Gasteiger partial charge in [-0.05, 0) is 42.0 Å². The van der Waals surface area contributed by atoms with Crippen LogP contribution in [-0.2, 0) is 13.3 Å². The fourth-order valence-electron chi connectivity index (χ4n) is 2.62. The second-order valence-electron chi connectivity index (χ2n) is 6.28. The van der Waals surface area contributed by atoms with Crippen molar-refractivity contribution < 1.29 is 13.9 Å². The van der Waals surface area contributed by atoms with Gasteiger partial charge in [0, 0.05) is 11.2 Å². The number of nitrogens with zero attached hydrogens (tertiary/aromatic N) is 5. The normalized spacial score (nSPS) is 10.7. The Morgan fingerprint density at radius 1 is 1.07 bits per heavy atom. The maximum absolute atomic E-state index is 12.9. The molecule has 0 unspecified atom stereocenters. The first-order valence-electron chi connectivity index (χ1n) is 8.93. The van der Waals surface area contributed by atoms with E-state index in [1.165, 1.54) is 35.3 Å². The van der Waals surface area contributed by atoms with Gasteiger partial charge in [0.1, 0.15) is 17.9 Å². The molecule has 2 heterocycles. The van der Waals surface area contributed by atoms with Gasteiger partial charge in [-0.25, -0.2) is 18.7 Å². The van der Waals surface area contributed by atoms with Gasteiger partial charge in [0.25, 0.3) is 5.91 Å². The van der Waals surface area contributed by atoms with Crippen LogP contribution in [0.1, 0.15) is 16.1 Å². The van der Waals surface area contributed by atoms with Gasteiger partial charge in [0.15, 0.2) is 12.4 Å². The number of carbonyl (C=O) groups excluding carboxylic acids is 1. The van der Waals surface area contributed by atoms with E-state index in [2.05, 4.69) is 20.5 Å². The average Bonchev–Trinajstić information content (AvgIpc) is 3.39. The molecule has 0 saturated carbocycles. The zero-order chi connectivity index (χ0) is 20.9. The number of amides is 1. The number of benzene rings is 2. The summed E-state index contributed by atoms with van der Waals surface area (Å²) in [4.78, 5) is 16.5. The van der Waals surface area contributed by atoms with Crippen molar-refractivity contribution in [3.8, 4) is 5.75 Å². The minimum absolute atomic E-state index is 0.0730. The molecule has 10 heteroatoms. The van der Waals surface area contributed by atoms with E-state index < -0.39 is 5.91 Å². The smallest absolute Gasteiger partial charge is 0.278 e. The van der Waals surface area contributed by atoms with E-state index in [-0.39, 0.29) is 24.2 Å². The Hall–Kier alpha value is -3.72. The van der Waals surface area contributed by atoms with Crippen molar-refractivity contribution in [1.29, 1.82) is 0 Å². The lowest BCUT2D eigenvalue weighted by molar-refractivity contribution is 0.101. The van der Waals surface area contributed by atoms with Gasteiger partial charge in [-0.15, -0.1) is 5.10 Å². The molecule has 0 radical (unpaired) electrons. The first-order valence-corrected chi connectivity index (χ1v) is 9.31. The number of rotatable bonds is 7. The summed E-state index contributed by atoms with van der Waals surface area (Å²) in [5.41, 5.74) is 1.07. The van der Waals surface area contributed by atoms with E-state index in [0.29, 0.717) is 17.3 Å². The molecule has 4 rings (SSSR count). The first-order chi connectivity index (χ1) is 14.6. The van der Waals surface area contributed by atoms with E-state index in [1.54, 1.807) is 23.0 Å². The van der Waals surface area contributed by atoms with Crippen molar-refractivity contribution in [3.05, 3.63) is 89.2 Å². The summed E-state index contributed by atoms with van der Waals surface area (Å²) >= 11 is 6.15. The Kier molecular flexibility index (Phi) is 5.71. The van der Waals surface area contributed by atoms with Gasteiger partial charge in [-0.3, -0.25) is 10.1 Å². The van der Waals surface area contributed by atoms with Crippen molar-refractivity contribution in [3.63, 3.8) is 0 Å². The standard InChI is InChI=1S/C20H16ClFN6O2/c21-17-4-2-1-3-14(17)11-28-12-23-20(26-28)24-19(29)18-9-10-27(25-18)13-30-16-7-5-15(22)6-8-16/h1-10,12H,11,13H2,(H,24,26,29). The molecule has 2 aromatic heterocycles. The van der Waals surface area contributed by atoms with Gasteiger partial charge in [0.2, 0.25) is 5.95 Å². The predicted octanol–water partition coefficient (Wildman–Crippen LogP) is 3.60. The number of nitrogens with one attached hydrogen (secondary N) is 1. The molecule has 8 nitrogen and oxygen atoms in total. The van der Waals surface area contributed by atoms with E-state index in [9.17, 15) is 9.18 Å². The van der Waals surface area contributed by atoms with Crippen LogP contribution in [0.4, 0.5) is 10.3 Å². The second-order valence-corrected chi connectivity index (χ2v) is 6.69. The Morgan fingerprint density at radius 3 is 2.67 bits per heavy atom. The van der Waals surface area contributed by atoms with Crippen LogP contribution in [0.5, 0.6) is 5.75 Å². The van der Waals surface area contributed by atoms with Gasteiger partial charge in [0.05, 0.1) is 6.54 Å². The third-order valence-electron chi connectivity index (χ3n) is 4.10. The maximum Gasteiger partial charge on any atom is 0.278 e. The van der Waals surface area contributed by atoms with Gasteiger partial charge in [-0.2, -0.15) is 5.10 Å². The van der Waals surface area contributed by atoms with Gasteiger partial charge in [-0.1, -0.05) is 29.8 Å². The zero-order valence-corrected chi connectivity index (χ0v) is 16.3. The number of halogens is 2. The third kappa shape index (κ3) is 4.81. The van der Waals surface area contributed by atoms with Crippen LogP contribution in [-0.4, -0.2) is 30.5 Å². The highest BCUT2D eigenvalue weighted by atomic mass is 35.5. The van der Waals surface area contributed by atoms with Crippen LogP contribution in [0.15, 0.2) is 67.1 Å². The molecule has 0 saturated heterocycles. The largest absolute Gasteiger partial charge is 0.471 e. The summed E-state index contributed by atoms with van der Waals surface area (Å²) in [7, 11) is 0. The quantitative estimate of drug-likeness (QED) is 0.488. The van der Waals surface area contributed by atoms with Crippen LogP contribution < -0.4 is 10.1 Å². The highest BCUT2D eigenvalue weighted by molar-refractivity contribution is 6.31. The van der Waals surface area contributed by atoms with Crippen LogP contribution in [0.25, 0.3) is 0 Å². The lowest BCUT2D eigenvalue weighted by Gasteiger charge is -2.05. The van der Waals surface area contributed by atoms with Crippen LogP contribution >= 0.6 is 11.6 Å². The van der Waals surface area contributed by atoms with Gasteiger partial charge < -0.3 is 4.74 Å². The molecule has 0 fully saturated rings. The molecule has 0 aliphatic rings. The highest BCUT2D eigenvalue weighted by Crippen LogP contribution is 2.16. The summed E-state index contributed by atoms with van der Waals surface area (Å²) in [5.74, 6) is -0.148. The summed E-state index contributed by atoms with van der Waals surface area (Å²) < 4.78 is 21.4. The molecule has 0 aliphatic carbocycles. The molecule has 152 valence electrons. The van der Waals surface area contributed by atoms with Gasteiger partial charge >= 0.3 is 0 Å². The molecule has 4 aromatic rings. The zero-order valence-electron chi connectivity index (χ0n) is 15.6. The SMILES string of the molecule is O=C(Nc1ncn(Cc2ccccc2Cl)n1)c1ccn(COc2ccc(F)cc2)n1. The number of carbonyl (C=O) groups is 1. The molecular weight excluding hydrogens is 411 g/mol. The summed E-state index contributed by atoms with van der Waals surface area (Å²) in [6.07, 6.45) is 3.11. The summed E-state index contributed by atoms with van der Waals surface area (Å²) in [6, 6.07) is 14.6. The Labute approximate surface area is 175 Å². The topological polar surface area (TPSA) is 86.9 Å². The first kappa shape index (κ1) is 19.6. The lowest BCUT2D eigenvalue weighted by atomic mass is 10.2. The Bertz CT molecular complexity index is 1160. The van der Waals surface area contributed by atoms with E-state index in [0.717, 1.165) is 5.56 Å². The van der Waals surface area contributed by atoms with Crippen molar-refractivity contribution in [2.75, 3.05) is 5.32 Å². The van der Waals surface area contributed by atoms with Crippen molar-refractivity contribution >= 4 is 23.5 Å². The van der Waals surface area contributed by atoms with E-state index in [1.807, 2.05) is 18.2 Å². The van der Waals surface area contributed by atoms with Crippen LogP contribution in [0.3, 0.4) is 0 Å². The second kappa shape index (κ2) is 8.75. The summed E-state index contributed by atoms with van der Waals surface area (Å²) in [5, 5.41) is 11.6. The lowest BCUT2D eigenvalue weighted by Crippen LogP contribution is -2.15. The average molecular weight is 427 g/mol. The molecule has 1 amide bonds. The molecule has 2 aromatic carbocycles. The molecule has 0 bridgehead atoms. The molecular formula is C20H16ClFN6O2. The number of hydrogen-bond donors (Lipinski definition) is 1. The Morgan fingerprint density at radius 2 is 1.87 bits per heavy atom. The maximum atomic E-state index is 12.9. The van der Waals surface area contributed by atoms with Crippen LogP contribution in [0, 0.1) is 5.82 Å². The van der Waals surface area contributed by atoms with Crippen molar-refractivity contribution in [2.24, 2.45) is 0 Å². The van der Waals surface area contributed by atoms with Crippen molar-refractivity contribution in [1.82, 2.24) is 24.5 Å². The number of anilines is 1. The minimum atomic E-state index is -0.453. The van der Waals surface area contributed by atoms with E-state index in [4.69, 9.17) is 16.3 Å². The molecule has 0 aliphatic heterocycles. The molecule has 0 atom stereocenters. The fraction of sp³-hybridized carbons (Fsp3) is 0.100.